The van der Waals surface area contributed by atoms with Crippen molar-refractivity contribution >= 4 is 28.3 Å². The lowest BCUT2D eigenvalue weighted by atomic mass is 10.1. The van der Waals surface area contributed by atoms with Gasteiger partial charge in [-0.25, -0.2) is 0 Å². The van der Waals surface area contributed by atoms with Gasteiger partial charge in [0, 0.05) is 22.3 Å². The summed E-state index contributed by atoms with van der Waals surface area (Å²) in [6.45, 7) is 1.82. The Hall–Kier alpha value is -2.88. The van der Waals surface area contributed by atoms with Crippen LogP contribution in [0.4, 0.5) is 5.69 Å². The molecule has 1 aliphatic rings. The number of rotatable bonds is 3. The molecule has 0 saturated carbocycles. The van der Waals surface area contributed by atoms with Gasteiger partial charge in [0.2, 0.25) is 0 Å². The molecule has 1 aromatic heterocycles. The van der Waals surface area contributed by atoms with Gasteiger partial charge in [-0.1, -0.05) is 24.3 Å². The first kappa shape index (κ1) is 14.7. The Kier molecular flexibility index (Phi) is 3.45. The zero-order valence-corrected chi connectivity index (χ0v) is 13.5. The zero-order chi connectivity index (χ0) is 16.7. The SMILES string of the molecule is Cc1[nH]c2ccccc2c1C(=O)C(=O)Nc1ccc2c(c1)CCC2. The number of ketones is 1. The van der Waals surface area contributed by atoms with Gasteiger partial charge in [0.25, 0.3) is 11.7 Å². The lowest BCUT2D eigenvalue weighted by Gasteiger charge is -2.07. The highest BCUT2D eigenvalue weighted by atomic mass is 16.2. The average molecular weight is 318 g/mol. The summed E-state index contributed by atoms with van der Waals surface area (Å²) in [5.74, 6) is -1.11. The normalized spacial score (nSPS) is 13.0. The van der Waals surface area contributed by atoms with Crippen molar-refractivity contribution in [2.45, 2.75) is 26.2 Å². The van der Waals surface area contributed by atoms with E-state index in [4.69, 9.17) is 0 Å². The van der Waals surface area contributed by atoms with Gasteiger partial charge in [-0.2, -0.15) is 0 Å². The monoisotopic (exact) mass is 318 g/mol. The number of anilines is 1. The standard InChI is InChI=1S/C20H18N2O2/c1-12-18(16-7-2-3-8-17(16)21-12)19(23)20(24)22-15-10-9-13-5-4-6-14(13)11-15/h2-3,7-11,21H,4-6H2,1H3,(H,22,24). The van der Waals surface area contributed by atoms with Crippen molar-refractivity contribution in [3.05, 3.63) is 64.8 Å². The van der Waals surface area contributed by atoms with E-state index in [0.717, 1.165) is 30.2 Å². The molecule has 0 unspecified atom stereocenters. The Morgan fingerprint density at radius 1 is 1.04 bits per heavy atom. The van der Waals surface area contributed by atoms with Crippen molar-refractivity contribution in [1.29, 1.82) is 0 Å². The fraction of sp³-hybridized carbons (Fsp3) is 0.200. The molecule has 2 aromatic carbocycles. The maximum absolute atomic E-state index is 12.6. The number of hydrogen-bond acceptors (Lipinski definition) is 2. The molecule has 2 N–H and O–H groups in total. The van der Waals surface area contributed by atoms with Gasteiger partial charge in [-0.15, -0.1) is 0 Å². The second kappa shape index (κ2) is 5.64. The number of carbonyl (C=O) groups excluding carboxylic acids is 2. The van der Waals surface area contributed by atoms with Gasteiger partial charge < -0.3 is 10.3 Å². The van der Waals surface area contributed by atoms with Crippen LogP contribution in [0, 0.1) is 6.92 Å². The molecule has 3 aromatic rings. The van der Waals surface area contributed by atoms with Crippen molar-refractivity contribution in [2.75, 3.05) is 5.32 Å². The summed E-state index contributed by atoms with van der Waals surface area (Å²) in [7, 11) is 0. The molecule has 4 nitrogen and oxygen atoms in total. The van der Waals surface area contributed by atoms with Crippen molar-refractivity contribution in [2.24, 2.45) is 0 Å². The zero-order valence-electron chi connectivity index (χ0n) is 13.5. The molecule has 1 heterocycles. The van der Waals surface area contributed by atoms with E-state index in [9.17, 15) is 9.59 Å². The predicted molar refractivity (Wildman–Crippen MR) is 94.5 cm³/mol. The van der Waals surface area contributed by atoms with E-state index in [1.54, 1.807) is 0 Å². The molecule has 4 heteroatoms. The first-order chi connectivity index (χ1) is 11.6. The molecule has 0 bridgehead atoms. The van der Waals surface area contributed by atoms with Crippen molar-refractivity contribution in [3.8, 4) is 0 Å². The van der Waals surface area contributed by atoms with Crippen LogP contribution in [0.2, 0.25) is 0 Å². The first-order valence-electron chi connectivity index (χ1n) is 8.18. The smallest absolute Gasteiger partial charge is 0.296 e. The van der Waals surface area contributed by atoms with Crippen LogP contribution in [-0.2, 0) is 17.6 Å². The number of aromatic amines is 1. The number of benzene rings is 2. The summed E-state index contributed by atoms with van der Waals surface area (Å²) in [6, 6.07) is 13.4. The summed E-state index contributed by atoms with van der Waals surface area (Å²) >= 11 is 0. The molecular formula is C20H18N2O2. The average Bonchev–Trinajstić information content (AvgIpc) is 3.16. The Bertz CT molecular complexity index is 969. The van der Waals surface area contributed by atoms with Gasteiger partial charge in [0.05, 0.1) is 5.56 Å². The third-order valence-electron chi connectivity index (χ3n) is 4.68. The van der Waals surface area contributed by atoms with Crippen LogP contribution in [0.15, 0.2) is 42.5 Å². The maximum atomic E-state index is 12.6. The molecule has 1 aliphatic carbocycles. The fourth-order valence-electron chi connectivity index (χ4n) is 3.52. The second-order valence-electron chi connectivity index (χ2n) is 6.29. The van der Waals surface area contributed by atoms with Crippen LogP contribution < -0.4 is 5.32 Å². The molecule has 0 radical (unpaired) electrons. The number of H-pyrrole nitrogens is 1. The lowest BCUT2D eigenvalue weighted by molar-refractivity contribution is -0.112. The van der Waals surface area contributed by atoms with Gasteiger partial charge in [0.15, 0.2) is 0 Å². The lowest BCUT2D eigenvalue weighted by Crippen LogP contribution is -2.23. The molecule has 4 rings (SSSR count). The molecule has 0 fully saturated rings. The van der Waals surface area contributed by atoms with Crippen LogP contribution >= 0.6 is 0 Å². The summed E-state index contributed by atoms with van der Waals surface area (Å²) in [5.41, 5.74) is 5.32. The van der Waals surface area contributed by atoms with Crippen LogP contribution in [0.1, 0.15) is 33.6 Å². The van der Waals surface area contributed by atoms with Crippen LogP contribution in [0.25, 0.3) is 10.9 Å². The van der Waals surface area contributed by atoms with E-state index in [1.165, 1.54) is 11.1 Å². The highest BCUT2D eigenvalue weighted by Crippen LogP contribution is 2.26. The number of hydrogen-bond donors (Lipinski definition) is 2. The molecule has 0 atom stereocenters. The summed E-state index contributed by atoms with van der Waals surface area (Å²) in [4.78, 5) is 28.2. The Morgan fingerprint density at radius 2 is 1.83 bits per heavy atom. The van der Waals surface area contributed by atoms with Crippen LogP contribution in [0.5, 0.6) is 0 Å². The summed E-state index contributed by atoms with van der Waals surface area (Å²) in [5, 5.41) is 3.53. The molecule has 120 valence electrons. The van der Waals surface area contributed by atoms with Crippen molar-refractivity contribution < 1.29 is 9.59 Å². The van der Waals surface area contributed by atoms with E-state index in [0.29, 0.717) is 16.9 Å². The molecule has 0 spiro atoms. The maximum Gasteiger partial charge on any atom is 0.296 e. The second-order valence-corrected chi connectivity index (χ2v) is 6.29. The van der Waals surface area contributed by atoms with Gasteiger partial charge in [-0.3, -0.25) is 9.59 Å². The predicted octanol–water partition coefficient (Wildman–Crippen LogP) is 3.79. The van der Waals surface area contributed by atoms with Crippen LogP contribution in [-0.4, -0.2) is 16.7 Å². The van der Waals surface area contributed by atoms with E-state index in [-0.39, 0.29) is 0 Å². The van der Waals surface area contributed by atoms with E-state index in [1.807, 2.05) is 49.4 Å². The largest absolute Gasteiger partial charge is 0.358 e. The number of carbonyl (C=O) groups is 2. The number of aromatic nitrogens is 1. The Morgan fingerprint density at radius 3 is 2.71 bits per heavy atom. The minimum Gasteiger partial charge on any atom is -0.358 e. The molecule has 24 heavy (non-hydrogen) atoms. The third-order valence-corrected chi connectivity index (χ3v) is 4.68. The van der Waals surface area contributed by atoms with Gasteiger partial charge in [-0.05, 0) is 55.5 Å². The highest BCUT2D eigenvalue weighted by Gasteiger charge is 2.23. The third kappa shape index (κ3) is 2.40. The molecule has 0 aliphatic heterocycles. The number of nitrogens with one attached hydrogen (secondary N) is 2. The topological polar surface area (TPSA) is 62.0 Å². The minimum absolute atomic E-state index is 0.448. The van der Waals surface area contributed by atoms with Gasteiger partial charge >= 0.3 is 0 Å². The van der Waals surface area contributed by atoms with E-state index >= 15 is 0 Å². The van der Waals surface area contributed by atoms with Gasteiger partial charge in [0.1, 0.15) is 0 Å². The molecule has 0 saturated heterocycles. The minimum atomic E-state index is -0.596. The molecular weight excluding hydrogens is 300 g/mol. The summed E-state index contributed by atoms with van der Waals surface area (Å²) in [6.07, 6.45) is 3.28. The fourth-order valence-corrected chi connectivity index (χ4v) is 3.52. The highest BCUT2D eigenvalue weighted by molar-refractivity contribution is 6.48. The number of fused-ring (bicyclic) bond motifs is 2. The number of para-hydroxylation sites is 1. The van der Waals surface area contributed by atoms with Crippen molar-refractivity contribution in [1.82, 2.24) is 4.98 Å². The first-order valence-corrected chi connectivity index (χ1v) is 8.18. The Labute approximate surface area is 139 Å². The number of amides is 1. The van der Waals surface area contributed by atoms with E-state index in [2.05, 4.69) is 10.3 Å². The van der Waals surface area contributed by atoms with Crippen LogP contribution in [0.3, 0.4) is 0 Å². The molecule has 1 amide bonds. The number of aryl methyl sites for hydroxylation is 3. The number of Topliss-reactive ketones (excluding diaryl/α,β-unsaturated/α-hetero) is 1. The van der Waals surface area contributed by atoms with Crippen molar-refractivity contribution in [3.63, 3.8) is 0 Å². The van der Waals surface area contributed by atoms with E-state index < -0.39 is 11.7 Å². The summed E-state index contributed by atoms with van der Waals surface area (Å²) < 4.78 is 0. The Balaban J connectivity index is 1.62. The quantitative estimate of drug-likeness (QED) is 0.570.